The first kappa shape index (κ1) is 24.8. The van der Waals surface area contributed by atoms with E-state index in [1.807, 2.05) is 43.0 Å². The highest BCUT2D eigenvalue weighted by atomic mass is 19.1. The summed E-state index contributed by atoms with van der Waals surface area (Å²) in [7, 11) is 0. The SMILES string of the molecule is CCCCCc1ccc(C(=O)N2CCN(c3nc(C)nc(C)c3Cc3ccc(F)cc3)CC2)cc1. The predicted octanol–water partition coefficient (Wildman–Crippen LogP) is 5.52. The van der Waals surface area contributed by atoms with Gasteiger partial charge in [0.05, 0.1) is 0 Å². The first-order chi connectivity index (χ1) is 16.9. The van der Waals surface area contributed by atoms with Crippen molar-refractivity contribution in [2.75, 3.05) is 31.1 Å². The number of rotatable bonds is 8. The lowest BCUT2D eigenvalue weighted by Gasteiger charge is -2.36. The van der Waals surface area contributed by atoms with Gasteiger partial charge in [0.25, 0.3) is 5.91 Å². The minimum absolute atomic E-state index is 0.0892. The summed E-state index contributed by atoms with van der Waals surface area (Å²) in [4.78, 5) is 26.7. The first-order valence-corrected chi connectivity index (χ1v) is 12.7. The summed E-state index contributed by atoms with van der Waals surface area (Å²) < 4.78 is 13.4. The highest BCUT2D eigenvalue weighted by molar-refractivity contribution is 5.94. The smallest absolute Gasteiger partial charge is 0.253 e. The third-order valence-corrected chi connectivity index (χ3v) is 6.73. The zero-order valence-corrected chi connectivity index (χ0v) is 21.1. The van der Waals surface area contributed by atoms with E-state index in [1.54, 1.807) is 0 Å². The fourth-order valence-electron chi connectivity index (χ4n) is 4.69. The van der Waals surface area contributed by atoms with Gasteiger partial charge < -0.3 is 9.80 Å². The van der Waals surface area contributed by atoms with Crippen LogP contribution >= 0.6 is 0 Å². The number of carbonyl (C=O) groups is 1. The summed E-state index contributed by atoms with van der Waals surface area (Å²) in [5.74, 6) is 1.50. The number of amides is 1. The van der Waals surface area contributed by atoms with Gasteiger partial charge in [-0.3, -0.25) is 4.79 Å². The Labute approximate surface area is 208 Å². The first-order valence-electron chi connectivity index (χ1n) is 12.7. The van der Waals surface area contributed by atoms with Crippen molar-refractivity contribution in [1.29, 1.82) is 0 Å². The number of unbranched alkanes of at least 4 members (excludes halogenated alkanes) is 2. The molecule has 0 bridgehead atoms. The average molecular weight is 475 g/mol. The van der Waals surface area contributed by atoms with E-state index in [9.17, 15) is 9.18 Å². The lowest BCUT2D eigenvalue weighted by Crippen LogP contribution is -2.49. The molecule has 0 N–H and O–H groups in total. The number of nitrogens with zero attached hydrogens (tertiary/aromatic N) is 4. The Hall–Kier alpha value is -3.28. The third kappa shape index (κ3) is 6.24. The van der Waals surface area contributed by atoms with Crippen molar-refractivity contribution in [2.45, 2.75) is 52.9 Å². The van der Waals surface area contributed by atoms with Crippen LogP contribution in [0, 0.1) is 19.7 Å². The zero-order valence-electron chi connectivity index (χ0n) is 21.1. The van der Waals surface area contributed by atoms with E-state index in [0.29, 0.717) is 32.6 Å². The normalized spacial score (nSPS) is 13.8. The summed E-state index contributed by atoms with van der Waals surface area (Å²) in [6, 6.07) is 14.7. The molecule has 0 atom stereocenters. The summed E-state index contributed by atoms with van der Waals surface area (Å²) in [5, 5.41) is 0. The van der Waals surface area contributed by atoms with E-state index >= 15 is 0 Å². The number of hydrogen-bond donors (Lipinski definition) is 0. The molecule has 1 aromatic heterocycles. The maximum atomic E-state index is 13.4. The number of benzene rings is 2. The molecule has 184 valence electrons. The van der Waals surface area contributed by atoms with E-state index in [-0.39, 0.29) is 11.7 Å². The van der Waals surface area contributed by atoms with Gasteiger partial charge in [0, 0.05) is 49.4 Å². The summed E-state index contributed by atoms with van der Waals surface area (Å²) >= 11 is 0. The van der Waals surface area contributed by atoms with Crippen molar-refractivity contribution in [1.82, 2.24) is 14.9 Å². The van der Waals surface area contributed by atoms with Gasteiger partial charge in [-0.15, -0.1) is 0 Å². The number of hydrogen-bond acceptors (Lipinski definition) is 4. The summed E-state index contributed by atoms with van der Waals surface area (Å²) in [5.41, 5.74) is 5.07. The van der Waals surface area contributed by atoms with E-state index in [2.05, 4.69) is 28.9 Å². The third-order valence-electron chi connectivity index (χ3n) is 6.73. The quantitative estimate of drug-likeness (QED) is 0.404. The predicted molar refractivity (Wildman–Crippen MR) is 138 cm³/mol. The van der Waals surface area contributed by atoms with Gasteiger partial charge in [-0.25, -0.2) is 14.4 Å². The Balaban J connectivity index is 1.42. The molecule has 6 heteroatoms. The molecule has 0 spiro atoms. The highest BCUT2D eigenvalue weighted by Crippen LogP contribution is 2.25. The van der Waals surface area contributed by atoms with Crippen molar-refractivity contribution in [3.8, 4) is 0 Å². The van der Waals surface area contributed by atoms with Crippen molar-refractivity contribution in [3.05, 3.63) is 88.1 Å². The van der Waals surface area contributed by atoms with Crippen LogP contribution in [0.5, 0.6) is 0 Å². The van der Waals surface area contributed by atoms with Crippen LogP contribution in [-0.4, -0.2) is 47.0 Å². The molecule has 1 aliphatic rings. The molecule has 1 fully saturated rings. The van der Waals surface area contributed by atoms with Crippen LogP contribution in [-0.2, 0) is 12.8 Å². The minimum Gasteiger partial charge on any atom is -0.353 e. The second kappa shape index (κ2) is 11.4. The van der Waals surface area contributed by atoms with Crippen LogP contribution < -0.4 is 4.90 Å². The van der Waals surface area contributed by atoms with Crippen molar-refractivity contribution >= 4 is 11.7 Å². The lowest BCUT2D eigenvalue weighted by molar-refractivity contribution is 0.0746. The van der Waals surface area contributed by atoms with Gasteiger partial charge in [-0.1, -0.05) is 44.0 Å². The van der Waals surface area contributed by atoms with Gasteiger partial charge in [0.1, 0.15) is 17.5 Å². The summed E-state index contributed by atoms with van der Waals surface area (Å²) in [6.07, 6.45) is 5.35. The van der Waals surface area contributed by atoms with E-state index in [0.717, 1.165) is 40.4 Å². The molecule has 0 aliphatic carbocycles. The molecular weight excluding hydrogens is 439 g/mol. The molecule has 2 heterocycles. The molecular formula is C29H35FN4O. The molecule has 3 aromatic rings. The van der Waals surface area contributed by atoms with Crippen LogP contribution in [0.15, 0.2) is 48.5 Å². The van der Waals surface area contributed by atoms with Gasteiger partial charge in [-0.2, -0.15) is 0 Å². The molecule has 0 unspecified atom stereocenters. The maximum absolute atomic E-state index is 13.4. The van der Waals surface area contributed by atoms with Crippen molar-refractivity contribution in [2.24, 2.45) is 0 Å². The van der Waals surface area contributed by atoms with Crippen LogP contribution in [0.4, 0.5) is 10.2 Å². The highest BCUT2D eigenvalue weighted by Gasteiger charge is 2.25. The van der Waals surface area contributed by atoms with Crippen LogP contribution in [0.2, 0.25) is 0 Å². The van der Waals surface area contributed by atoms with Crippen LogP contribution in [0.1, 0.15) is 64.8 Å². The second-order valence-electron chi connectivity index (χ2n) is 9.39. The Morgan fingerprint density at radius 1 is 0.886 bits per heavy atom. The molecule has 1 amide bonds. The summed E-state index contributed by atoms with van der Waals surface area (Å²) in [6.45, 7) is 8.85. The van der Waals surface area contributed by atoms with Gasteiger partial charge in [0.2, 0.25) is 0 Å². The monoisotopic (exact) mass is 474 g/mol. The van der Waals surface area contributed by atoms with E-state index in [1.165, 1.54) is 37.0 Å². The van der Waals surface area contributed by atoms with Gasteiger partial charge in [0.15, 0.2) is 0 Å². The van der Waals surface area contributed by atoms with E-state index < -0.39 is 0 Å². The topological polar surface area (TPSA) is 49.3 Å². The van der Waals surface area contributed by atoms with Gasteiger partial charge >= 0.3 is 0 Å². The fourth-order valence-corrected chi connectivity index (χ4v) is 4.69. The number of anilines is 1. The molecule has 2 aromatic carbocycles. The number of aromatic nitrogens is 2. The molecule has 1 saturated heterocycles. The van der Waals surface area contributed by atoms with Crippen molar-refractivity contribution < 1.29 is 9.18 Å². The maximum Gasteiger partial charge on any atom is 0.253 e. The number of carbonyl (C=O) groups excluding carboxylic acids is 1. The molecule has 35 heavy (non-hydrogen) atoms. The second-order valence-corrected chi connectivity index (χ2v) is 9.39. The molecule has 0 saturated carbocycles. The van der Waals surface area contributed by atoms with Crippen molar-refractivity contribution in [3.63, 3.8) is 0 Å². The minimum atomic E-state index is -0.238. The average Bonchev–Trinajstić information content (AvgIpc) is 2.87. The Kier molecular flexibility index (Phi) is 8.11. The number of aryl methyl sites for hydroxylation is 3. The lowest BCUT2D eigenvalue weighted by atomic mass is 10.0. The molecule has 5 nitrogen and oxygen atoms in total. The Bertz CT molecular complexity index is 1140. The zero-order chi connectivity index (χ0) is 24.8. The van der Waals surface area contributed by atoms with E-state index in [4.69, 9.17) is 4.98 Å². The number of halogens is 1. The molecule has 4 rings (SSSR count). The van der Waals surface area contributed by atoms with Gasteiger partial charge in [-0.05, 0) is 62.1 Å². The molecule has 1 aliphatic heterocycles. The van der Waals surface area contributed by atoms with Crippen LogP contribution in [0.3, 0.4) is 0 Å². The number of piperazine rings is 1. The van der Waals surface area contributed by atoms with Crippen LogP contribution in [0.25, 0.3) is 0 Å². The standard InChI is InChI=1S/C29H35FN4O/c1-4-5-6-7-23-8-12-25(13-9-23)29(35)34-18-16-33(17-19-34)28-27(21(2)31-22(3)32-28)20-24-10-14-26(30)15-11-24/h8-15H,4-7,16-20H2,1-3H3. The molecule has 0 radical (unpaired) electrons. The Morgan fingerprint density at radius 2 is 1.54 bits per heavy atom. The largest absolute Gasteiger partial charge is 0.353 e. The fraction of sp³-hybridized carbons (Fsp3) is 0.414. The Morgan fingerprint density at radius 3 is 2.20 bits per heavy atom.